The lowest BCUT2D eigenvalue weighted by atomic mass is 10.0. The van der Waals surface area contributed by atoms with Crippen molar-refractivity contribution in [2.45, 2.75) is 54.3 Å². The van der Waals surface area contributed by atoms with Crippen LogP contribution in [0.1, 0.15) is 38.4 Å². The number of anilines is 1. The third-order valence-corrected chi connectivity index (χ3v) is 8.33. The van der Waals surface area contributed by atoms with E-state index in [0.29, 0.717) is 16.8 Å². The number of halogens is 1. The number of hydrogen-bond acceptors (Lipinski definition) is 6. The number of amides is 1. The highest BCUT2D eigenvalue weighted by molar-refractivity contribution is 8.00. The van der Waals surface area contributed by atoms with Crippen molar-refractivity contribution in [2.75, 3.05) is 19.4 Å². The summed E-state index contributed by atoms with van der Waals surface area (Å²) in [5.41, 5.74) is 0.356. The van der Waals surface area contributed by atoms with Crippen LogP contribution in [-0.4, -0.2) is 53.2 Å². The number of nitrogens with one attached hydrogen (secondary N) is 2. The van der Waals surface area contributed by atoms with Gasteiger partial charge in [-0.25, -0.2) is 17.7 Å². The maximum atomic E-state index is 12.6. The average molecular weight is 472 g/mol. The molecular weight excluding hydrogens is 446 g/mol. The van der Waals surface area contributed by atoms with Gasteiger partial charge >= 0.3 is 0 Å². The van der Waals surface area contributed by atoms with Crippen molar-refractivity contribution in [1.82, 2.24) is 19.5 Å². The largest absolute Gasteiger partial charge is 0.325 e. The molecule has 11 heteroatoms. The SMILES string of the molecule is C[C@@H](Sc1n[nH]c(CC2CCCC2)n1)C(=O)Nc1ccc(Cl)c(S(=O)(=O)N(C)C)c1. The molecule has 1 aliphatic carbocycles. The lowest BCUT2D eigenvalue weighted by molar-refractivity contribution is -0.115. The molecular formula is C19H26ClN5O3S2. The Kier molecular flexibility index (Phi) is 7.43. The molecule has 30 heavy (non-hydrogen) atoms. The second-order valence-electron chi connectivity index (χ2n) is 7.60. The molecule has 2 N–H and O–H groups in total. The van der Waals surface area contributed by atoms with E-state index in [1.54, 1.807) is 13.0 Å². The molecule has 1 saturated carbocycles. The van der Waals surface area contributed by atoms with E-state index in [2.05, 4.69) is 20.5 Å². The molecule has 0 saturated heterocycles. The second-order valence-corrected chi connectivity index (χ2v) is 11.4. The summed E-state index contributed by atoms with van der Waals surface area (Å²) in [5, 5.41) is 10.1. The molecule has 1 amide bonds. The molecule has 0 radical (unpaired) electrons. The van der Waals surface area contributed by atoms with Crippen LogP contribution in [0.15, 0.2) is 28.3 Å². The minimum atomic E-state index is -3.72. The molecule has 3 rings (SSSR count). The van der Waals surface area contributed by atoms with Gasteiger partial charge < -0.3 is 5.32 Å². The summed E-state index contributed by atoms with van der Waals surface area (Å²) >= 11 is 7.30. The zero-order valence-electron chi connectivity index (χ0n) is 17.2. The van der Waals surface area contributed by atoms with E-state index in [4.69, 9.17) is 11.6 Å². The fourth-order valence-corrected chi connectivity index (χ4v) is 5.48. The van der Waals surface area contributed by atoms with Crippen LogP contribution in [-0.2, 0) is 21.2 Å². The highest BCUT2D eigenvalue weighted by Crippen LogP contribution is 2.29. The van der Waals surface area contributed by atoms with Crippen LogP contribution in [0.25, 0.3) is 0 Å². The summed E-state index contributed by atoms with van der Waals surface area (Å²) < 4.78 is 25.9. The summed E-state index contributed by atoms with van der Waals surface area (Å²) in [5.74, 6) is 1.24. The van der Waals surface area contributed by atoms with Crippen LogP contribution < -0.4 is 5.32 Å². The molecule has 164 valence electrons. The standard InChI is InChI=1S/C19H26ClN5O3S2/c1-12(29-19-22-17(23-24-19)10-13-6-4-5-7-13)18(26)21-14-8-9-15(20)16(11-14)30(27,28)25(2)3/h8-9,11-13H,4-7,10H2,1-3H3,(H,21,26)(H,22,23,24)/t12-/m1/s1. The second kappa shape index (κ2) is 9.67. The van der Waals surface area contributed by atoms with E-state index in [9.17, 15) is 13.2 Å². The van der Waals surface area contributed by atoms with Crippen LogP contribution >= 0.6 is 23.4 Å². The van der Waals surface area contributed by atoms with Gasteiger partial charge in [-0.3, -0.25) is 9.89 Å². The van der Waals surface area contributed by atoms with E-state index >= 15 is 0 Å². The van der Waals surface area contributed by atoms with Gasteiger partial charge in [0.2, 0.25) is 21.1 Å². The Morgan fingerprint density at radius 1 is 1.37 bits per heavy atom. The number of benzene rings is 1. The van der Waals surface area contributed by atoms with Gasteiger partial charge in [-0.2, -0.15) is 0 Å². The Morgan fingerprint density at radius 3 is 2.73 bits per heavy atom. The first-order valence-corrected chi connectivity index (χ1v) is 12.5. The Labute approximate surface area is 186 Å². The van der Waals surface area contributed by atoms with E-state index < -0.39 is 15.3 Å². The molecule has 0 unspecified atom stereocenters. The lowest BCUT2D eigenvalue weighted by Gasteiger charge is -2.15. The van der Waals surface area contributed by atoms with Crippen molar-refractivity contribution in [2.24, 2.45) is 5.92 Å². The number of carbonyl (C=O) groups excluding carboxylic acids is 1. The van der Waals surface area contributed by atoms with Gasteiger partial charge in [0.25, 0.3) is 0 Å². The van der Waals surface area contributed by atoms with Crippen LogP contribution in [0.3, 0.4) is 0 Å². The number of aromatic amines is 1. The summed E-state index contributed by atoms with van der Waals surface area (Å²) in [4.78, 5) is 17.0. The molecule has 0 bridgehead atoms. The van der Waals surface area contributed by atoms with Crippen molar-refractivity contribution in [1.29, 1.82) is 0 Å². The number of H-pyrrole nitrogens is 1. The normalized spacial score (nSPS) is 16.2. The van der Waals surface area contributed by atoms with Gasteiger partial charge in [0.15, 0.2) is 0 Å². The van der Waals surface area contributed by atoms with E-state index in [1.165, 1.54) is 63.7 Å². The molecule has 1 fully saturated rings. The Bertz CT molecular complexity index is 1000. The van der Waals surface area contributed by atoms with Crippen molar-refractivity contribution in [3.63, 3.8) is 0 Å². The first kappa shape index (κ1) is 23.1. The van der Waals surface area contributed by atoms with Crippen molar-refractivity contribution in [3.05, 3.63) is 29.0 Å². The average Bonchev–Trinajstić information content (AvgIpc) is 3.35. The summed E-state index contributed by atoms with van der Waals surface area (Å²) in [7, 11) is -0.873. The monoisotopic (exact) mass is 471 g/mol. The lowest BCUT2D eigenvalue weighted by Crippen LogP contribution is -2.24. The number of nitrogens with zero attached hydrogens (tertiary/aromatic N) is 3. The summed E-state index contributed by atoms with van der Waals surface area (Å²) in [6.07, 6.45) is 5.91. The quantitative estimate of drug-likeness (QED) is 0.570. The van der Waals surface area contributed by atoms with Crippen molar-refractivity contribution < 1.29 is 13.2 Å². The molecule has 2 aromatic rings. The van der Waals surface area contributed by atoms with E-state index in [0.717, 1.165) is 16.6 Å². The number of thioether (sulfide) groups is 1. The minimum Gasteiger partial charge on any atom is -0.325 e. The molecule has 0 spiro atoms. The molecule has 1 aromatic carbocycles. The van der Waals surface area contributed by atoms with Gasteiger partial charge in [0.05, 0.1) is 10.3 Å². The van der Waals surface area contributed by atoms with Crippen molar-refractivity contribution >= 4 is 45.0 Å². The number of carbonyl (C=O) groups is 1. The molecule has 0 aliphatic heterocycles. The molecule has 1 aliphatic rings. The van der Waals surface area contributed by atoms with Crippen molar-refractivity contribution in [3.8, 4) is 0 Å². The third-order valence-electron chi connectivity index (χ3n) is 5.08. The first-order chi connectivity index (χ1) is 14.2. The zero-order chi connectivity index (χ0) is 21.9. The van der Waals surface area contributed by atoms with Gasteiger partial charge in [-0.1, -0.05) is 49.0 Å². The molecule has 1 atom stereocenters. The topological polar surface area (TPSA) is 108 Å². The maximum absolute atomic E-state index is 12.6. The number of rotatable bonds is 8. The van der Waals surface area contributed by atoms with Crippen LogP contribution in [0.4, 0.5) is 5.69 Å². The van der Waals surface area contributed by atoms with Gasteiger partial charge in [0, 0.05) is 26.2 Å². The molecule has 1 aromatic heterocycles. The predicted molar refractivity (Wildman–Crippen MR) is 118 cm³/mol. The Balaban J connectivity index is 1.62. The minimum absolute atomic E-state index is 0.0576. The Morgan fingerprint density at radius 2 is 2.07 bits per heavy atom. The molecule has 1 heterocycles. The van der Waals surface area contributed by atoms with Crippen LogP contribution in [0, 0.1) is 5.92 Å². The van der Waals surface area contributed by atoms with E-state index in [-0.39, 0.29) is 15.8 Å². The van der Waals surface area contributed by atoms with Crippen LogP contribution in [0.5, 0.6) is 0 Å². The maximum Gasteiger partial charge on any atom is 0.244 e. The highest BCUT2D eigenvalue weighted by atomic mass is 35.5. The van der Waals surface area contributed by atoms with Gasteiger partial charge in [-0.05, 0) is 31.0 Å². The van der Waals surface area contributed by atoms with Crippen LogP contribution in [0.2, 0.25) is 5.02 Å². The number of aromatic nitrogens is 3. The highest BCUT2D eigenvalue weighted by Gasteiger charge is 2.23. The number of hydrogen-bond donors (Lipinski definition) is 2. The first-order valence-electron chi connectivity index (χ1n) is 9.77. The fourth-order valence-electron chi connectivity index (χ4n) is 3.34. The molecule has 8 nitrogen and oxygen atoms in total. The summed E-state index contributed by atoms with van der Waals surface area (Å²) in [6.45, 7) is 1.75. The third kappa shape index (κ3) is 5.54. The van der Waals surface area contributed by atoms with E-state index in [1.807, 2.05) is 0 Å². The van der Waals surface area contributed by atoms with Gasteiger partial charge in [-0.15, -0.1) is 5.10 Å². The predicted octanol–water partition coefficient (Wildman–Crippen LogP) is 3.56. The summed E-state index contributed by atoms with van der Waals surface area (Å²) in [6, 6.07) is 4.38. The zero-order valence-corrected chi connectivity index (χ0v) is 19.6. The number of sulfonamides is 1. The van der Waals surface area contributed by atoms with Gasteiger partial charge in [0.1, 0.15) is 10.7 Å². The smallest absolute Gasteiger partial charge is 0.244 e. The Hall–Kier alpha value is -1.62. The fraction of sp³-hybridized carbons (Fsp3) is 0.526.